The van der Waals surface area contributed by atoms with Crippen molar-refractivity contribution in [3.63, 3.8) is 0 Å². The second kappa shape index (κ2) is 5.98. The van der Waals surface area contributed by atoms with E-state index >= 15 is 0 Å². The van der Waals surface area contributed by atoms with Gasteiger partial charge in [0.05, 0.1) is 6.54 Å². The van der Waals surface area contributed by atoms with Crippen molar-refractivity contribution in [2.75, 3.05) is 13.1 Å². The maximum absolute atomic E-state index is 11.3. The third kappa shape index (κ3) is 2.96. The molecule has 0 radical (unpaired) electrons. The van der Waals surface area contributed by atoms with Crippen LogP contribution in [0.3, 0.4) is 0 Å². The summed E-state index contributed by atoms with van der Waals surface area (Å²) in [7, 11) is 0. The Balaban J connectivity index is 0.00000162. The summed E-state index contributed by atoms with van der Waals surface area (Å²) in [4.78, 5) is 26.8. The molecule has 0 saturated carbocycles. The van der Waals surface area contributed by atoms with Crippen LogP contribution in [-0.4, -0.2) is 29.9 Å². The summed E-state index contributed by atoms with van der Waals surface area (Å²) >= 11 is 0. The molecule has 1 aromatic rings. The third-order valence-corrected chi connectivity index (χ3v) is 2.61. The Kier molecular flexibility index (Phi) is 4.63. The van der Waals surface area contributed by atoms with Gasteiger partial charge in [0.2, 0.25) is 11.3 Å². The Morgan fingerprint density at radius 1 is 1.28 bits per heavy atom. The maximum atomic E-state index is 11.3. The molecule has 7 heteroatoms. The van der Waals surface area contributed by atoms with Crippen LogP contribution in [0.1, 0.15) is 5.56 Å². The van der Waals surface area contributed by atoms with Crippen molar-refractivity contribution in [3.8, 4) is 0 Å². The normalized spacial score (nSPS) is 13.8. The van der Waals surface area contributed by atoms with Gasteiger partial charge in [-0.15, -0.1) is 0 Å². The number of imide groups is 1. The highest BCUT2D eigenvalue weighted by Gasteiger charge is 2.27. The van der Waals surface area contributed by atoms with E-state index in [0.717, 1.165) is 5.56 Å². The van der Waals surface area contributed by atoms with Crippen LogP contribution >= 0.6 is 0 Å². The fraction of sp³-hybridized carbons (Fsp3) is 0.273. The van der Waals surface area contributed by atoms with Crippen molar-refractivity contribution in [3.05, 3.63) is 34.8 Å². The SMILES string of the molecule is N#[N+]c1ccc(CCN2C(=O)CNC2=O)cc1.[Cl-]. The number of diazo groups is 1. The molecule has 0 aliphatic carbocycles. The Morgan fingerprint density at radius 3 is 2.44 bits per heavy atom. The largest absolute Gasteiger partial charge is 1.00 e. The lowest BCUT2D eigenvalue weighted by Gasteiger charge is -2.11. The Labute approximate surface area is 110 Å². The molecule has 18 heavy (non-hydrogen) atoms. The molecular formula is C11H11ClN4O2. The molecular weight excluding hydrogens is 256 g/mol. The number of nitrogens with one attached hydrogen (secondary N) is 1. The molecule has 1 N–H and O–H groups in total. The van der Waals surface area contributed by atoms with Gasteiger partial charge in [-0.2, -0.15) is 0 Å². The summed E-state index contributed by atoms with van der Waals surface area (Å²) in [5.41, 5.74) is 1.45. The first-order valence-corrected chi connectivity index (χ1v) is 5.23. The highest BCUT2D eigenvalue weighted by molar-refractivity contribution is 6.01. The number of carbonyl (C=O) groups is 2. The highest BCUT2D eigenvalue weighted by Crippen LogP contribution is 2.13. The molecule has 1 fully saturated rings. The third-order valence-electron chi connectivity index (χ3n) is 2.61. The predicted octanol–water partition coefficient (Wildman–Crippen LogP) is -1.73. The van der Waals surface area contributed by atoms with Crippen LogP contribution in [0.2, 0.25) is 0 Å². The van der Waals surface area contributed by atoms with E-state index in [1.807, 2.05) is 0 Å². The number of nitrogens with zero attached hydrogens (tertiary/aromatic N) is 3. The van der Waals surface area contributed by atoms with Gasteiger partial charge in [-0.05, 0) is 12.0 Å². The van der Waals surface area contributed by atoms with Crippen LogP contribution in [0.4, 0.5) is 10.5 Å². The fourth-order valence-electron chi connectivity index (χ4n) is 1.65. The lowest BCUT2D eigenvalue weighted by molar-refractivity contribution is -0.124. The molecule has 0 aromatic heterocycles. The molecule has 94 valence electrons. The Hall–Kier alpha value is -2.13. The van der Waals surface area contributed by atoms with E-state index in [4.69, 9.17) is 5.39 Å². The van der Waals surface area contributed by atoms with Gasteiger partial charge < -0.3 is 17.7 Å². The Morgan fingerprint density at radius 2 is 1.94 bits per heavy atom. The second-order valence-corrected chi connectivity index (χ2v) is 3.72. The molecule has 1 saturated heterocycles. The molecule has 3 amide bonds. The lowest BCUT2D eigenvalue weighted by Crippen LogP contribution is -3.00. The van der Waals surface area contributed by atoms with Crippen molar-refractivity contribution < 1.29 is 22.0 Å². The van der Waals surface area contributed by atoms with Gasteiger partial charge in [0.1, 0.15) is 0 Å². The van der Waals surface area contributed by atoms with Gasteiger partial charge in [0.15, 0.2) is 4.98 Å². The topological polar surface area (TPSA) is 77.6 Å². The minimum atomic E-state index is -0.336. The average molecular weight is 267 g/mol. The molecule has 0 bridgehead atoms. The van der Waals surface area contributed by atoms with Crippen LogP contribution in [-0.2, 0) is 11.2 Å². The first-order chi connectivity index (χ1) is 8.20. The van der Waals surface area contributed by atoms with Gasteiger partial charge >= 0.3 is 11.7 Å². The summed E-state index contributed by atoms with van der Waals surface area (Å²) in [6.07, 6.45) is 0.588. The average Bonchev–Trinajstić information content (AvgIpc) is 2.67. The van der Waals surface area contributed by atoms with Crippen LogP contribution in [0.15, 0.2) is 24.3 Å². The number of halogens is 1. The second-order valence-electron chi connectivity index (χ2n) is 3.72. The summed E-state index contributed by atoms with van der Waals surface area (Å²) < 4.78 is 0. The quantitative estimate of drug-likeness (QED) is 0.522. The van der Waals surface area contributed by atoms with Crippen LogP contribution < -0.4 is 17.7 Å². The maximum Gasteiger partial charge on any atom is 0.385 e. The van der Waals surface area contributed by atoms with Crippen molar-refractivity contribution in [1.29, 1.82) is 5.39 Å². The molecule has 6 nitrogen and oxygen atoms in total. The van der Waals surface area contributed by atoms with Crippen LogP contribution in [0, 0.1) is 5.39 Å². The summed E-state index contributed by atoms with van der Waals surface area (Å²) in [5, 5.41) is 11.0. The van der Waals surface area contributed by atoms with E-state index in [-0.39, 0.29) is 30.9 Å². The van der Waals surface area contributed by atoms with Gasteiger partial charge in [-0.25, -0.2) is 4.79 Å². The summed E-state index contributed by atoms with van der Waals surface area (Å²) in [6, 6.07) is 6.60. The molecule has 0 spiro atoms. The zero-order valence-corrected chi connectivity index (χ0v) is 10.2. The van der Waals surface area contributed by atoms with Crippen molar-refractivity contribution in [2.45, 2.75) is 6.42 Å². The van der Waals surface area contributed by atoms with Crippen LogP contribution in [0.5, 0.6) is 0 Å². The van der Waals surface area contributed by atoms with E-state index in [1.54, 1.807) is 24.3 Å². The van der Waals surface area contributed by atoms with E-state index in [9.17, 15) is 9.59 Å². The molecule has 2 rings (SSSR count). The minimum absolute atomic E-state index is 0. The van der Waals surface area contributed by atoms with Crippen LogP contribution in [0.25, 0.3) is 4.98 Å². The standard InChI is InChI=1S/C11H10N4O2.ClH/c12-14-9-3-1-8(2-4-9)5-6-15-10(16)7-13-11(15)17;/h1-4H,5-7H2;1H. The van der Waals surface area contributed by atoms with Gasteiger partial charge in [-0.1, -0.05) is 12.1 Å². The van der Waals surface area contributed by atoms with Gasteiger partial charge in [0.25, 0.3) is 0 Å². The van der Waals surface area contributed by atoms with E-state index in [0.29, 0.717) is 18.7 Å². The zero-order chi connectivity index (χ0) is 12.3. The molecule has 0 atom stereocenters. The predicted molar refractivity (Wildman–Crippen MR) is 60.0 cm³/mol. The Bertz CT molecular complexity index is 479. The molecule has 0 unspecified atom stereocenters. The number of benzene rings is 1. The van der Waals surface area contributed by atoms with Crippen molar-refractivity contribution >= 4 is 17.6 Å². The number of rotatable bonds is 3. The molecule has 1 aromatic carbocycles. The van der Waals surface area contributed by atoms with E-state index in [2.05, 4.69) is 10.3 Å². The molecule has 1 heterocycles. The highest BCUT2D eigenvalue weighted by atomic mass is 35.5. The fourth-order valence-corrected chi connectivity index (χ4v) is 1.65. The smallest absolute Gasteiger partial charge is 0.385 e. The zero-order valence-electron chi connectivity index (χ0n) is 9.47. The van der Waals surface area contributed by atoms with E-state index in [1.165, 1.54) is 4.90 Å². The summed E-state index contributed by atoms with van der Waals surface area (Å²) in [6.45, 7) is 0.446. The summed E-state index contributed by atoms with van der Waals surface area (Å²) in [5.74, 6) is -0.197. The number of urea groups is 1. The number of hydrogen-bond donors (Lipinski definition) is 1. The first kappa shape index (κ1) is 13.9. The molecule has 1 aliphatic heterocycles. The molecule has 1 aliphatic rings. The van der Waals surface area contributed by atoms with Crippen molar-refractivity contribution in [2.24, 2.45) is 0 Å². The van der Waals surface area contributed by atoms with Gasteiger partial charge in [-0.3, -0.25) is 9.69 Å². The number of amides is 3. The van der Waals surface area contributed by atoms with Gasteiger partial charge in [0, 0.05) is 18.7 Å². The van der Waals surface area contributed by atoms with Crippen molar-refractivity contribution in [1.82, 2.24) is 10.2 Å². The number of carbonyl (C=O) groups excluding carboxylic acids is 2. The van der Waals surface area contributed by atoms with E-state index < -0.39 is 0 Å². The first-order valence-electron chi connectivity index (χ1n) is 5.23. The monoisotopic (exact) mass is 266 g/mol. The lowest BCUT2D eigenvalue weighted by atomic mass is 10.1. The minimum Gasteiger partial charge on any atom is -1.00 e. The number of hydrogen-bond acceptors (Lipinski definition) is 3.